The standard InChI is InChI=1S/C15H19N7O/c16-12-9-19-13(14(17)23)15(21-12)20-10-1-3-11(4-2-10)22-7-5-18-6-8-22/h1-4,9,18H,5-8H2,(H2,17,23)(H3,16,20,21). The number of nitrogens with one attached hydrogen (secondary N) is 2. The molecule has 2 aromatic rings. The number of hydrogen-bond donors (Lipinski definition) is 4. The van der Waals surface area contributed by atoms with Gasteiger partial charge in [0.1, 0.15) is 5.82 Å². The monoisotopic (exact) mass is 313 g/mol. The van der Waals surface area contributed by atoms with Crippen LogP contribution in [0.1, 0.15) is 10.5 Å². The summed E-state index contributed by atoms with van der Waals surface area (Å²) < 4.78 is 0. The molecule has 1 aliphatic rings. The number of amides is 1. The lowest BCUT2D eigenvalue weighted by molar-refractivity contribution is 0.0996. The minimum absolute atomic E-state index is 0.0605. The Kier molecular flexibility index (Phi) is 4.24. The van der Waals surface area contributed by atoms with Crippen molar-refractivity contribution < 1.29 is 4.79 Å². The Morgan fingerprint density at radius 2 is 1.91 bits per heavy atom. The number of nitrogens with two attached hydrogens (primary N) is 2. The summed E-state index contributed by atoms with van der Waals surface area (Å²) in [5, 5.41) is 6.37. The highest BCUT2D eigenvalue weighted by atomic mass is 16.1. The van der Waals surface area contributed by atoms with Crippen molar-refractivity contribution >= 4 is 28.9 Å². The van der Waals surface area contributed by atoms with Crippen molar-refractivity contribution in [2.75, 3.05) is 42.1 Å². The van der Waals surface area contributed by atoms with Crippen LogP contribution in [-0.4, -0.2) is 42.1 Å². The molecule has 8 heteroatoms. The summed E-state index contributed by atoms with van der Waals surface area (Å²) in [6.07, 6.45) is 1.30. The molecular formula is C15H19N7O. The van der Waals surface area contributed by atoms with Crippen LogP contribution < -0.4 is 27.0 Å². The van der Waals surface area contributed by atoms with E-state index in [0.29, 0.717) is 0 Å². The Hall–Kier alpha value is -2.87. The van der Waals surface area contributed by atoms with E-state index in [0.717, 1.165) is 37.6 Å². The first kappa shape index (κ1) is 15.0. The second-order valence-corrected chi connectivity index (χ2v) is 5.27. The van der Waals surface area contributed by atoms with Crippen LogP contribution >= 0.6 is 0 Å². The van der Waals surface area contributed by atoms with E-state index in [-0.39, 0.29) is 17.3 Å². The van der Waals surface area contributed by atoms with E-state index >= 15 is 0 Å². The van der Waals surface area contributed by atoms with Crippen LogP contribution in [0.4, 0.5) is 23.0 Å². The highest BCUT2D eigenvalue weighted by Gasteiger charge is 2.13. The van der Waals surface area contributed by atoms with Crippen molar-refractivity contribution in [2.45, 2.75) is 0 Å². The van der Waals surface area contributed by atoms with Gasteiger partial charge in [0.2, 0.25) is 0 Å². The molecule has 0 radical (unpaired) electrons. The summed E-state index contributed by atoms with van der Waals surface area (Å²) in [6.45, 7) is 3.94. The van der Waals surface area contributed by atoms with E-state index < -0.39 is 5.91 Å². The largest absolute Gasteiger partial charge is 0.382 e. The number of benzene rings is 1. The number of piperazine rings is 1. The SMILES string of the molecule is NC(=O)c1ncc(N)nc1Nc1ccc(N2CCNCC2)cc1. The lowest BCUT2D eigenvalue weighted by atomic mass is 10.2. The Labute approximate surface area is 133 Å². The lowest BCUT2D eigenvalue weighted by Gasteiger charge is -2.29. The van der Waals surface area contributed by atoms with E-state index in [4.69, 9.17) is 11.5 Å². The number of primary amides is 1. The normalized spacial score (nSPS) is 14.5. The second-order valence-electron chi connectivity index (χ2n) is 5.27. The van der Waals surface area contributed by atoms with Gasteiger partial charge in [0.05, 0.1) is 6.20 Å². The number of carbonyl (C=O) groups is 1. The van der Waals surface area contributed by atoms with Crippen molar-refractivity contribution in [1.82, 2.24) is 15.3 Å². The Morgan fingerprint density at radius 1 is 1.22 bits per heavy atom. The van der Waals surface area contributed by atoms with Crippen LogP contribution in [0.15, 0.2) is 30.5 Å². The number of aromatic nitrogens is 2. The van der Waals surface area contributed by atoms with Crippen molar-refractivity contribution in [1.29, 1.82) is 0 Å². The van der Waals surface area contributed by atoms with E-state index in [1.165, 1.54) is 6.20 Å². The van der Waals surface area contributed by atoms with Crippen molar-refractivity contribution in [3.63, 3.8) is 0 Å². The molecule has 23 heavy (non-hydrogen) atoms. The third-order valence-corrected chi connectivity index (χ3v) is 3.64. The topological polar surface area (TPSA) is 122 Å². The summed E-state index contributed by atoms with van der Waals surface area (Å²) in [4.78, 5) is 21.7. The number of carbonyl (C=O) groups excluding carboxylic acids is 1. The highest BCUT2D eigenvalue weighted by molar-refractivity contribution is 5.96. The lowest BCUT2D eigenvalue weighted by Crippen LogP contribution is -2.43. The fraction of sp³-hybridized carbons (Fsp3) is 0.267. The maximum atomic E-state index is 11.4. The van der Waals surface area contributed by atoms with Crippen LogP contribution in [0, 0.1) is 0 Å². The second kappa shape index (κ2) is 6.49. The predicted octanol–water partition coefficient (Wildman–Crippen LogP) is 0.311. The van der Waals surface area contributed by atoms with E-state index in [9.17, 15) is 4.79 Å². The van der Waals surface area contributed by atoms with Gasteiger partial charge in [0.25, 0.3) is 5.91 Å². The molecule has 2 heterocycles. The summed E-state index contributed by atoms with van der Waals surface area (Å²) in [6, 6.07) is 7.90. The number of nitrogen functional groups attached to an aromatic ring is 1. The van der Waals surface area contributed by atoms with Gasteiger partial charge in [0, 0.05) is 37.6 Å². The first-order valence-corrected chi connectivity index (χ1v) is 7.38. The van der Waals surface area contributed by atoms with E-state index in [1.54, 1.807) is 0 Å². The van der Waals surface area contributed by atoms with Gasteiger partial charge in [0.15, 0.2) is 11.5 Å². The zero-order valence-electron chi connectivity index (χ0n) is 12.6. The summed E-state index contributed by atoms with van der Waals surface area (Å²) in [5.41, 5.74) is 12.9. The van der Waals surface area contributed by atoms with Gasteiger partial charge in [-0.25, -0.2) is 9.97 Å². The number of anilines is 4. The van der Waals surface area contributed by atoms with Gasteiger partial charge in [-0.3, -0.25) is 4.79 Å². The Morgan fingerprint density at radius 3 is 2.57 bits per heavy atom. The fourth-order valence-electron chi connectivity index (χ4n) is 2.49. The highest BCUT2D eigenvalue weighted by Crippen LogP contribution is 2.22. The maximum absolute atomic E-state index is 11.4. The van der Waals surface area contributed by atoms with Gasteiger partial charge in [-0.2, -0.15) is 0 Å². The third kappa shape index (κ3) is 3.49. The zero-order chi connectivity index (χ0) is 16.2. The minimum Gasteiger partial charge on any atom is -0.382 e. The molecule has 0 aliphatic carbocycles. The third-order valence-electron chi connectivity index (χ3n) is 3.64. The van der Waals surface area contributed by atoms with Crippen molar-refractivity contribution in [3.05, 3.63) is 36.2 Å². The van der Waals surface area contributed by atoms with Crippen molar-refractivity contribution in [2.24, 2.45) is 5.73 Å². The average molecular weight is 313 g/mol. The van der Waals surface area contributed by atoms with Crippen LogP contribution in [0.5, 0.6) is 0 Å². The molecule has 0 atom stereocenters. The quantitative estimate of drug-likeness (QED) is 0.640. The molecule has 1 aromatic carbocycles. The predicted molar refractivity (Wildman–Crippen MR) is 89.8 cm³/mol. The number of nitrogens with zero attached hydrogens (tertiary/aromatic N) is 3. The molecule has 0 spiro atoms. The molecule has 120 valence electrons. The summed E-state index contributed by atoms with van der Waals surface area (Å²) in [7, 11) is 0. The Bertz CT molecular complexity index is 695. The molecule has 6 N–H and O–H groups in total. The Balaban J connectivity index is 1.78. The van der Waals surface area contributed by atoms with Gasteiger partial charge in [-0.15, -0.1) is 0 Å². The molecule has 1 aromatic heterocycles. The molecule has 0 bridgehead atoms. The molecule has 3 rings (SSSR count). The first-order chi connectivity index (χ1) is 11.1. The molecular weight excluding hydrogens is 294 g/mol. The molecule has 0 unspecified atom stereocenters. The van der Waals surface area contributed by atoms with E-state index in [2.05, 4.69) is 25.5 Å². The molecule has 1 amide bonds. The number of hydrogen-bond acceptors (Lipinski definition) is 7. The van der Waals surface area contributed by atoms with Gasteiger partial charge in [-0.1, -0.05) is 0 Å². The van der Waals surface area contributed by atoms with Crippen molar-refractivity contribution in [3.8, 4) is 0 Å². The van der Waals surface area contributed by atoms with Crippen LogP contribution in [0.25, 0.3) is 0 Å². The number of rotatable bonds is 4. The van der Waals surface area contributed by atoms with Crippen LogP contribution in [-0.2, 0) is 0 Å². The summed E-state index contributed by atoms with van der Waals surface area (Å²) >= 11 is 0. The van der Waals surface area contributed by atoms with Gasteiger partial charge in [-0.05, 0) is 24.3 Å². The molecule has 1 fully saturated rings. The molecule has 8 nitrogen and oxygen atoms in total. The minimum atomic E-state index is -0.655. The molecule has 0 saturated carbocycles. The first-order valence-electron chi connectivity index (χ1n) is 7.38. The maximum Gasteiger partial charge on any atom is 0.271 e. The zero-order valence-corrected chi connectivity index (χ0v) is 12.6. The van der Waals surface area contributed by atoms with Gasteiger partial charge < -0.3 is 27.0 Å². The van der Waals surface area contributed by atoms with Gasteiger partial charge >= 0.3 is 0 Å². The van der Waals surface area contributed by atoms with Crippen LogP contribution in [0.3, 0.4) is 0 Å². The molecule has 1 saturated heterocycles. The average Bonchev–Trinajstić information content (AvgIpc) is 2.56. The fourth-order valence-corrected chi connectivity index (χ4v) is 2.49. The smallest absolute Gasteiger partial charge is 0.271 e. The van der Waals surface area contributed by atoms with E-state index in [1.807, 2.05) is 24.3 Å². The van der Waals surface area contributed by atoms with Crippen LogP contribution in [0.2, 0.25) is 0 Å². The summed E-state index contributed by atoms with van der Waals surface area (Å²) in [5.74, 6) is -0.181. The molecule has 1 aliphatic heterocycles.